The molecule has 2 N–H and O–H groups in total. The molecule has 0 radical (unpaired) electrons. The molecule has 1 aromatic heterocycles. The maximum atomic E-state index is 12.2. The number of hydrazone groups is 1. The summed E-state index contributed by atoms with van der Waals surface area (Å²) < 4.78 is 6.54. The Morgan fingerprint density at radius 2 is 1.89 bits per heavy atom. The van der Waals surface area contributed by atoms with E-state index < -0.39 is 5.91 Å². The summed E-state index contributed by atoms with van der Waals surface area (Å²) in [6, 6.07) is 18.2. The fourth-order valence-corrected chi connectivity index (χ4v) is 3.61. The van der Waals surface area contributed by atoms with E-state index in [4.69, 9.17) is 4.42 Å². The summed E-state index contributed by atoms with van der Waals surface area (Å²) in [4.78, 5) is 24.4. The summed E-state index contributed by atoms with van der Waals surface area (Å²) in [5, 5.41) is 7.26. The Kier molecular flexibility index (Phi) is 6.67. The van der Waals surface area contributed by atoms with Gasteiger partial charge < -0.3 is 9.73 Å². The highest BCUT2D eigenvalue weighted by Gasteiger charge is 2.10. The molecule has 28 heavy (non-hydrogen) atoms. The number of amides is 2. The number of halogens is 1. The standard InChI is InChI=1S/C20H16BrN3O3S/c1-13(25)23-15-7-5-6-14(10-15)19(26)24-22-12-16-11-18(21)20(27-16)28-17-8-3-2-4-9-17/h2-12H,1H3,(H,23,25)(H,24,26). The minimum Gasteiger partial charge on any atom is -0.447 e. The van der Waals surface area contributed by atoms with Gasteiger partial charge in [-0.2, -0.15) is 5.10 Å². The first-order valence-corrected chi connectivity index (χ1v) is 9.85. The molecule has 1 heterocycles. The third-order valence-corrected chi connectivity index (χ3v) is 5.28. The number of anilines is 1. The van der Waals surface area contributed by atoms with E-state index in [2.05, 4.69) is 31.8 Å². The van der Waals surface area contributed by atoms with Gasteiger partial charge in [0.2, 0.25) is 5.91 Å². The van der Waals surface area contributed by atoms with Crippen LogP contribution in [0.15, 0.2) is 84.6 Å². The molecule has 0 unspecified atom stereocenters. The molecule has 6 nitrogen and oxygen atoms in total. The molecule has 0 fully saturated rings. The van der Waals surface area contributed by atoms with Crippen LogP contribution in [0.1, 0.15) is 23.0 Å². The van der Waals surface area contributed by atoms with E-state index in [1.54, 1.807) is 30.3 Å². The second kappa shape index (κ2) is 9.38. The first kappa shape index (κ1) is 19.9. The fraction of sp³-hybridized carbons (Fsp3) is 0.0500. The minimum absolute atomic E-state index is 0.205. The molecule has 0 atom stereocenters. The molecule has 0 saturated heterocycles. The van der Waals surface area contributed by atoms with Crippen molar-refractivity contribution in [1.82, 2.24) is 5.43 Å². The van der Waals surface area contributed by atoms with Crippen molar-refractivity contribution in [3.05, 3.63) is 76.5 Å². The second-order valence-electron chi connectivity index (χ2n) is 5.66. The van der Waals surface area contributed by atoms with Crippen LogP contribution in [0.4, 0.5) is 5.69 Å². The number of furan rings is 1. The summed E-state index contributed by atoms with van der Waals surface area (Å²) in [6.45, 7) is 1.41. The zero-order chi connectivity index (χ0) is 19.9. The van der Waals surface area contributed by atoms with Gasteiger partial charge in [-0.1, -0.05) is 36.0 Å². The number of hydrogen-bond acceptors (Lipinski definition) is 5. The first-order chi connectivity index (χ1) is 13.5. The Balaban J connectivity index is 1.62. The van der Waals surface area contributed by atoms with Gasteiger partial charge in [0, 0.05) is 29.1 Å². The van der Waals surface area contributed by atoms with E-state index in [1.165, 1.54) is 24.9 Å². The maximum Gasteiger partial charge on any atom is 0.271 e. The van der Waals surface area contributed by atoms with Crippen LogP contribution in [0.3, 0.4) is 0 Å². The minimum atomic E-state index is -0.395. The Labute approximate surface area is 174 Å². The third kappa shape index (κ3) is 5.58. The van der Waals surface area contributed by atoms with Crippen LogP contribution in [0, 0.1) is 0 Å². The molecule has 0 saturated carbocycles. The zero-order valence-corrected chi connectivity index (χ0v) is 17.2. The number of hydrogen-bond donors (Lipinski definition) is 2. The highest BCUT2D eigenvalue weighted by molar-refractivity contribution is 9.10. The second-order valence-corrected chi connectivity index (χ2v) is 7.56. The van der Waals surface area contributed by atoms with E-state index in [1.807, 2.05) is 30.3 Å². The molecule has 0 aliphatic rings. The van der Waals surface area contributed by atoms with Gasteiger partial charge >= 0.3 is 0 Å². The van der Waals surface area contributed by atoms with Crippen molar-refractivity contribution in [2.45, 2.75) is 16.9 Å². The summed E-state index contributed by atoms with van der Waals surface area (Å²) in [5.41, 5.74) is 3.36. The molecule has 142 valence electrons. The largest absolute Gasteiger partial charge is 0.447 e. The summed E-state index contributed by atoms with van der Waals surface area (Å²) in [6.07, 6.45) is 1.43. The van der Waals surface area contributed by atoms with Crippen molar-refractivity contribution in [1.29, 1.82) is 0 Å². The predicted molar refractivity (Wildman–Crippen MR) is 113 cm³/mol. The molecule has 0 bridgehead atoms. The van der Waals surface area contributed by atoms with Gasteiger partial charge in [0.15, 0.2) is 5.09 Å². The Morgan fingerprint density at radius 3 is 2.64 bits per heavy atom. The van der Waals surface area contributed by atoms with Gasteiger partial charge in [0.25, 0.3) is 5.91 Å². The molecule has 8 heteroatoms. The van der Waals surface area contributed by atoms with E-state index >= 15 is 0 Å². The quantitative estimate of drug-likeness (QED) is 0.406. The maximum absolute atomic E-state index is 12.2. The van der Waals surface area contributed by atoms with Crippen molar-refractivity contribution in [2.75, 3.05) is 5.32 Å². The van der Waals surface area contributed by atoms with E-state index in [0.29, 0.717) is 22.1 Å². The van der Waals surface area contributed by atoms with Crippen LogP contribution in [0.5, 0.6) is 0 Å². The first-order valence-electron chi connectivity index (χ1n) is 8.24. The monoisotopic (exact) mass is 457 g/mol. The van der Waals surface area contributed by atoms with Gasteiger partial charge in [0.1, 0.15) is 5.76 Å². The van der Waals surface area contributed by atoms with Crippen molar-refractivity contribution in [2.24, 2.45) is 5.10 Å². The fourth-order valence-electron chi connectivity index (χ4n) is 2.26. The molecule has 0 aliphatic heterocycles. The smallest absolute Gasteiger partial charge is 0.271 e. The zero-order valence-electron chi connectivity index (χ0n) is 14.8. The molecular weight excluding hydrogens is 442 g/mol. The number of carbonyl (C=O) groups excluding carboxylic acids is 2. The molecule has 3 aromatic rings. The lowest BCUT2D eigenvalue weighted by Crippen LogP contribution is -2.18. The lowest BCUT2D eigenvalue weighted by Gasteiger charge is -2.04. The van der Waals surface area contributed by atoms with Gasteiger partial charge in [-0.25, -0.2) is 5.43 Å². The van der Waals surface area contributed by atoms with E-state index in [0.717, 1.165) is 9.37 Å². The Morgan fingerprint density at radius 1 is 1.11 bits per heavy atom. The molecular formula is C20H16BrN3O3S. The SMILES string of the molecule is CC(=O)Nc1cccc(C(=O)NN=Cc2cc(Br)c(Sc3ccccc3)o2)c1. The van der Waals surface area contributed by atoms with Crippen LogP contribution in [0.2, 0.25) is 0 Å². The number of nitrogens with zero attached hydrogens (tertiary/aromatic N) is 1. The third-order valence-electron chi connectivity index (χ3n) is 3.43. The van der Waals surface area contributed by atoms with E-state index in [-0.39, 0.29) is 5.91 Å². The van der Waals surface area contributed by atoms with Gasteiger partial charge in [-0.15, -0.1) is 0 Å². The van der Waals surface area contributed by atoms with Crippen LogP contribution in [-0.4, -0.2) is 18.0 Å². The summed E-state index contributed by atoms with van der Waals surface area (Å²) >= 11 is 4.94. The Bertz CT molecular complexity index is 1020. The molecule has 2 amide bonds. The lowest BCUT2D eigenvalue weighted by atomic mass is 10.2. The average molecular weight is 458 g/mol. The number of benzene rings is 2. The van der Waals surface area contributed by atoms with Gasteiger partial charge in [-0.3, -0.25) is 9.59 Å². The number of nitrogens with one attached hydrogen (secondary N) is 2. The molecule has 0 aliphatic carbocycles. The van der Waals surface area contributed by atoms with Crippen LogP contribution in [-0.2, 0) is 4.79 Å². The van der Waals surface area contributed by atoms with Gasteiger partial charge in [-0.05, 0) is 46.3 Å². The van der Waals surface area contributed by atoms with Crippen molar-refractivity contribution < 1.29 is 14.0 Å². The van der Waals surface area contributed by atoms with Crippen LogP contribution >= 0.6 is 27.7 Å². The number of rotatable bonds is 6. The average Bonchev–Trinajstić information content (AvgIpc) is 3.01. The highest BCUT2D eigenvalue weighted by Crippen LogP contribution is 2.35. The summed E-state index contributed by atoms with van der Waals surface area (Å²) in [7, 11) is 0. The Hall–Kier alpha value is -2.84. The highest BCUT2D eigenvalue weighted by atomic mass is 79.9. The van der Waals surface area contributed by atoms with Gasteiger partial charge in [0.05, 0.1) is 10.7 Å². The molecule has 0 spiro atoms. The van der Waals surface area contributed by atoms with Crippen LogP contribution in [0.25, 0.3) is 0 Å². The number of carbonyl (C=O) groups is 2. The normalized spacial score (nSPS) is 10.8. The van der Waals surface area contributed by atoms with E-state index in [9.17, 15) is 9.59 Å². The molecule has 2 aromatic carbocycles. The van der Waals surface area contributed by atoms with Crippen molar-refractivity contribution in [3.63, 3.8) is 0 Å². The van der Waals surface area contributed by atoms with Crippen molar-refractivity contribution >= 4 is 51.4 Å². The lowest BCUT2D eigenvalue weighted by molar-refractivity contribution is -0.114. The summed E-state index contributed by atoms with van der Waals surface area (Å²) in [5.74, 6) is -0.103. The van der Waals surface area contributed by atoms with Crippen LogP contribution < -0.4 is 10.7 Å². The molecule has 3 rings (SSSR count). The van der Waals surface area contributed by atoms with Crippen molar-refractivity contribution in [3.8, 4) is 0 Å². The topological polar surface area (TPSA) is 83.7 Å². The predicted octanol–water partition coefficient (Wildman–Crippen LogP) is 4.92.